The highest BCUT2D eigenvalue weighted by Crippen LogP contribution is 2.38. The van der Waals surface area contributed by atoms with Gasteiger partial charge in [0.25, 0.3) is 6.33 Å². The predicted octanol–water partition coefficient (Wildman–Crippen LogP) is 13.6. The SMILES string of the molecule is [2H]c1c([2H])c([2H])c(-c2cnc(-n3c4ccccc4c4ccc(Oc5cccc(-n6[c-][n+](-c7c(-c8c([2H])c([2H])c([2H])c([2H])c8[2H])cccc7-c7c([2H])c([2H])c([2H])c([2H])c7[2H])c7ccccc76)c5)cc43)cc2C([2H])([2H])C([2H])([2H])[2H])c([2H])c1[2H]. The third-order valence-corrected chi connectivity index (χ3v) is 10.3. The Morgan fingerprint density at radius 3 is 1.95 bits per heavy atom. The van der Waals surface area contributed by atoms with E-state index < -0.39 is 115 Å². The van der Waals surface area contributed by atoms with Gasteiger partial charge in [-0.15, -0.1) is 0 Å². The average molecular weight is 805 g/mol. The van der Waals surface area contributed by atoms with E-state index in [0.29, 0.717) is 44.6 Å². The standard InChI is InChI=1S/C56H40N4O/c1-2-39-34-55(57-37-50(39)42-22-10-5-11-23-42)60-51-29-13-12-26-48(51)49-33-32-45(36-54(49)60)61-44-25-16-24-43(35-44)58-38-59(53-31-15-14-30-52(53)58)56-46(40-18-6-3-7-19-40)27-17-28-47(56)41-20-8-4-9-21-41/h3-37H,2H2,1H3/i1D3,2D2,3D,4D,5D,6D,7D,8D,9D,10D,11D,18D,19D,20D,21D,22D,23D. The van der Waals surface area contributed by atoms with E-state index in [1.54, 1.807) is 86.5 Å². The minimum atomic E-state index is -3.29. The molecule has 0 atom stereocenters. The number of hydrogen-bond acceptors (Lipinski definition) is 2. The lowest BCUT2D eigenvalue weighted by Gasteiger charge is -2.17. The van der Waals surface area contributed by atoms with Crippen molar-refractivity contribution >= 4 is 32.8 Å². The zero-order chi connectivity index (χ0) is 58.0. The van der Waals surface area contributed by atoms with Gasteiger partial charge >= 0.3 is 0 Å². The summed E-state index contributed by atoms with van der Waals surface area (Å²) >= 11 is 0. The van der Waals surface area contributed by atoms with Crippen molar-refractivity contribution in [2.75, 3.05) is 0 Å². The minimum Gasteiger partial charge on any atom is -0.458 e. The van der Waals surface area contributed by atoms with Gasteiger partial charge in [0.05, 0.1) is 54.0 Å². The second-order valence-corrected chi connectivity index (χ2v) is 13.8. The fraction of sp³-hybridized carbons (Fsp3) is 0.0357. The number of pyridine rings is 1. The van der Waals surface area contributed by atoms with Gasteiger partial charge in [0.15, 0.2) is 0 Å². The van der Waals surface area contributed by atoms with Crippen molar-refractivity contribution in [3.8, 4) is 62.1 Å². The average Bonchev–Trinajstić information content (AvgIpc) is 4.12. The van der Waals surface area contributed by atoms with Crippen molar-refractivity contribution in [2.24, 2.45) is 0 Å². The summed E-state index contributed by atoms with van der Waals surface area (Å²) in [5, 5.41) is 1.44. The topological polar surface area (TPSA) is 35.9 Å². The van der Waals surface area contributed by atoms with Gasteiger partial charge in [0.2, 0.25) is 0 Å². The smallest absolute Gasteiger partial charge is 0.269 e. The monoisotopic (exact) mass is 804 g/mol. The highest BCUT2D eigenvalue weighted by atomic mass is 16.5. The molecule has 290 valence electrons. The van der Waals surface area contributed by atoms with Crippen LogP contribution in [0.5, 0.6) is 11.5 Å². The normalized spacial score (nSPS) is 16.5. The van der Waals surface area contributed by atoms with Gasteiger partial charge in [-0.25, -0.2) is 4.98 Å². The molecule has 0 fully saturated rings. The van der Waals surface area contributed by atoms with Crippen LogP contribution in [0.15, 0.2) is 212 Å². The van der Waals surface area contributed by atoms with Crippen LogP contribution in [-0.4, -0.2) is 14.1 Å². The van der Waals surface area contributed by atoms with E-state index >= 15 is 0 Å². The summed E-state index contributed by atoms with van der Waals surface area (Å²) in [7, 11) is 0. The first kappa shape index (κ1) is 20.8. The lowest BCUT2D eigenvalue weighted by atomic mass is 9.95. The Morgan fingerprint density at radius 1 is 0.607 bits per heavy atom. The van der Waals surface area contributed by atoms with Crippen molar-refractivity contribution in [2.45, 2.75) is 13.2 Å². The number of nitrogens with zero attached hydrogens (tertiary/aromatic N) is 4. The summed E-state index contributed by atoms with van der Waals surface area (Å²) in [4.78, 5) is 4.65. The van der Waals surface area contributed by atoms with Gasteiger partial charge in [-0.1, -0.05) is 164 Å². The van der Waals surface area contributed by atoms with Crippen molar-refractivity contribution in [1.82, 2.24) is 14.1 Å². The van der Waals surface area contributed by atoms with Crippen molar-refractivity contribution in [3.63, 3.8) is 0 Å². The van der Waals surface area contributed by atoms with E-state index in [-0.39, 0.29) is 39.3 Å². The van der Waals surface area contributed by atoms with Gasteiger partial charge in [0.1, 0.15) is 17.3 Å². The number of aromatic nitrogens is 4. The second kappa shape index (κ2) is 15.3. The zero-order valence-corrected chi connectivity index (χ0v) is 31.7. The molecule has 0 spiro atoms. The lowest BCUT2D eigenvalue weighted by molar-refractivity contribution is -0.571. The maximum atomic E-state index is 9.02. The first-order valence-corrected chi connectivity index (χ1v) is 19.0. The third kappa shape index (κ3) is 6.44. The maximum Gasteiger partial charge on any atom is 0.269 e. The van der Waals surface area contributed by atoms with Crippen molar-refractivity contribution in [3.05, 3.63) is 224 Å². The number of fused-ring (bicyclic) bond motifs is 4. The molecule has 0 aliphatic carbocycles. The summed E-state index contributed by atoms with van der Waals surface area (Å²) in [5.74, 6) is 0.677. The molecule has 0 unspecified atom stereocenters. The van der Waals surface area contributed by atoms with E-state index in [1.165, 1.54) is 24.3 Å². The van der Waals surface area contributed by atoms with Crippen molar-refractivity contribution in [1.29, 1.82) is 0 Å². The van der Waals surface area contributed by atoms with E-state index in [0.717, 1.165) is 11.6 Å². The molecule has 0 aliphatic heterocycles. The fourth-order valence-corrected chi connectivity index (χ4v) is 7.71. The highest BCUT2D eigenvalue weighted by Gasteiger charge is 2.20. The van der Waals surface area contributed by atoms with Crippen LogP contribution in [0, 0.1) is 6.33 Å². The quantitative estimate of drug-likeness (QED) is 0.108. The molecular weight excluding hydrogens is 745 g/mol. The largest absolute Gasteiger partial charge is 0.458 e. The Balaban J connectivity index is 1.07. The van der Waals surface area contributed by atoms with Crippen LogP contribution in [0.1, 0.15) is 39.8 Å². The Morgan fingerprint density at radius 2 is 1.23 bits per heavy atom. The Kier molecular flexibility index (Phi) is 5.21. The molecule has 0 amide bonds. The number of benzene rings is 8. The van der Waals surface area contributed by atoms with E-state index in [9.17, 15) is 0 Å². The lowest BCUT2D eigenvalue weighted by Crippen LogP contribution is -2.31. The van der Waals surface area contributed by atoms with Crippen molar-refractivity contribution < 1.29 is 36.7 Å². The molecule has 0 saturated carbocycles. The van der Waals surface area contributed by atoms with Crippen LogP contribution in [-0.2, 0) is 6.37 Å². The zero-order valence-electron chi connectivity index (χ0n) is 51.7. The van der Waals surface area contributed by atoms with Gasteiger partial charge in [-0.3, -0.25) is 13.7 Å². The second-order valence-electron chi connectivity index (χ2n) is 13.8. The number of hydrogen-bond donors (Lipinski definition) is 0. The van der Waals surface area contributed by atoms with E-state index in [4.69, 9.17) is 32.2 Å². The number of rotatable bonds is 9. The molecule has 11 aromatic rings. The summed E-state index contributed by atoms with van der Waals surface area (Å²) in [5.41, 5.74) is 1.22. The molecule has 3 heterocycles. The molecule has 5 heteroatoms. The molecule has 3 aromatic heterocycles. The molecule has 0 radical (unpaired) electrons. The predicted molar refractivity (Wildman–Crippen MR) is 248 cm³/mol. The minimum absolute atomic E-state index is 0.0470. The molecular formula is C56H40N4O. The first-order valence-electron chi connectivity index (χ1n) is 29.0. The van der Waals surface area contributed by atoms with Crippen LogP contribution in [0.2, 0.25) is 0 Å². The maximum absolute atomic E-state index is 9.02. The Bertz CT molecular complexity index is 4320. The summed E-state index contributed by atoms with van der Waals surface area (Å²) in [6.45, 7) is -3.29. The van der Waals surface area contributed by atoms with Gasteiger partial charge in [-0.2, -0.15) is 0 Å². The summed E-state index contributed by atoms with van der Waals surface area (Å²) in [6.07, 6.45) is 1.36. The number of imidazole rings is 1. The highest BCUT2D eigenvalue weighted by molar-refractivity contribution is 6.09. The molecule has 8 aromatic carbocycles. The molecule has 11 rings (SSSR count). The van der Waals surface area contributed by atoms with Gasteiger partial charge < -0.3 is 4.74 Å². The fourth-order valence-electron chi connectivity index (χ4n) is 7.71. The van der Waals surface area contributed by atoms with Gasteiger partial charge in [0, 0.05) is 35.5 Å². The number of aryl methyl sites for hydroxylation is 1. The van der Waals surface area contributed by atoms with E-state index in [2.05, 4.69) is 11.3 Å². The number of ether oxygens (including phenoxy) is 1. The number of para-hydroxylation sites is 4. The Labute approximate surface area is 382 Å². The Hall–Kier alpha value is -8.02. The molecule has 5 nitrogen and oxygen atoms in total. The first-order chi connectivity index (χ1) is 38.3. The molecule has 0 bridgehead atoms. The van der Waals surface area contributed by atoms with Crippen LogP contribution in [0.25, 0.3) is 83.4 Å². The molecule has 0 aliphatic rings. The summed E-state index contributed by atoms with van der Waals surface area (Å²) < 4.78 is 183. The van der Waals surface area contributed by atoms with Crippen LogP contribution < -0.4 is 9.30 Å². The van der Waals surface area contributed by atoms with Gasteiger partial charge in [-0.05, 0) is 82.2 Å². The van der Waals surface area contributed by atoms with E-state index in [1.807, 2.05) is 18.2 Å². The molecule has 61 heavy (non-hydrogen) atoms. The van der Waals surface area contributed by atoms with Crippen LogP contribution in [0.4, 0.5) is 0 Å². The van der Waals surface area contributed by atoms with Crippen LogP contribution in [0.3, 0.4) is 0 Å². The molecule has 0 N–H and O–H groups in total. The third-order valence-electron chi connectivity index (χ3n) is 10.3. The van der Waals surface area contributed by atoms with Crippen LogP contribution >= 0.6 is 0 Å². The summed E-state index contributed by atoms with van der Waals surface area (Å²) in [6, 6.07) is 23.1. The molecule has 0 saturated heterocycles.